The standard InChI is InChI=1S/C10H9ClOS/c1-6-9-7(12-2)4-3-5-8(9)13-10(6)11/h3-5H,1-2H3. The van der Waals surface area contributed by atoms with Crippen molar-refractivity contribution in [2.24, 2.45) is 0 Å². The Bertz CT molecular complexity index is 447. The lowest BCUT2D eigenvalue weighted by Gasteiger charge is -2.01. The summed E-state index contributed by atoms with van der Waals surface area (Å²) in [4.78, 5) is 0. The van der Waals surface area contributed by atoms with E-state index in [1.54, 1.807) is 18.4 Å². The number of halogens is 1. The van der Waals surface area contributed by atoms with Crippen LogP contribution in [0.4, 0.5) is 0 Å². The van der Waals surface area contributed by atoms with Crippen LogP contribution in [-0.2, 0) is 0 Å². The highest BCUT2D eigenvalue weighted by Crippen LogP contribution is 2.39. The van der Waals surface area contributed by atoms with Crippen LogP contribution in [0, 0.1) is 6.92 Å². The van der Waals surface area contributed by atoms with Gasteiger partial charge in [0.25, 0.3) is 0 Å². The smallest absolute Gasteiger partial charge is 0.127 e. The molecule has 2 aromatic rings. The molecule has 0 radical (unpaired) electrons. The molecule has 0 aliphatic rings. The summed E-state index contributed by atoms with van der Waals surface area (Å²) in [6.45, 7) is 2.02. The summed E-state index contributed by atoms with van der Waals surface area (Å²) < 4.78 is 7.30. The molecule has 0 saturated carbocycles. The molecule has 1 nitrogen and oxygen atoms in total. The van der Waals surface area contributed by atoms with Crippen molar-refractivity contribution in [3.05, 3.63) is 28.1 Å². The van der Waals surface area contributed by atoms with Crippen molar-refractivity contribution in [1.29, 1.82) is 0 Å². The number of methoxy groups -OCH3 is 1. The Labute approximate surface area is 85.9 Å². The molecule has 68 valence electrons. The number of rotatable bonds is 1. The molecular formula is C10H9ClOS. The summed E-state index contributed by atoms with van der Waals surface area (Å²) in [6.07, 6.45) is 0. The normalized spacial score (nSPS) is 10.7. The second-order valence-electron chi connectivity index (χ2n) is 2.83. The van der Waals surface area contributed by atoms with E-state index < -0.39 is 0 Å². The molecule has 2 rings (SSSR count). The number of aryl methyl sites for hydroxylation is 1. The van der Waals surface area contributed by atoms with Crippen LogP contribution in [0.25, 0.3) is 10.1 Å². The Balaban J connectivity index is 2.87. The van der Waals surface area contributed by atoms with Gasteiger partial charge in [-0.05, 0) is 24.6 Å². The molecule has 0 spiro atoms. The molecule has 1 aromatic heterocycles. The number of fused-ring (bicyclic) bond motifs is 1. The first-order valence-electron chi connectivity index (χ1n) is 3.95. The summed E-state index contributed by atoms with van der Waals surface area (Å²) in [5.74, 6) is 0.901. The number of ether oxygens (including phenoxy) is 1. The first-order chi connectivity index (χ1) is 6.24. The molecule has 3 heteroatoms. The minimum absolute atomic E-state index is 0.847. The maximum atomic E-state index is 6.04. The molecular weight excluding hydrogens is 204 g/mol. The Morgan fingerprint density at radius 3 is 2.85 bits per heavy atom. The zero-order valence-corrected chi connectivity index (χ0v) is 9.00. The zero-order valence-electron chi connectivity index (χ0n) is 7.43. The highest BCUT2D eigenvalue weighted by molar-refractivity contribution is 7.23. The van der Waals surface area contributed by atoms with Crippen molar-refractivity contribution in [2.45, 2.75) is 6.92 Å². The van der Waals surface area contributed by atoms with Crippen molar-refractivity contribution >= 4 is 33.0 Å². The average Bonchev–Trinajstić information content (AvgIpc) is 2.43. The topological polar surface area (TPSA) is 9.23 Å². The first-order valence-corrected chi connectivity index (χ1v) is 5.15. The van der Waals surface area contributed by atoms with Crippen LogP contribution in [0.15, 0.2) is 18.2 Å². The van der Waals surface area contributed by atoms with Gasteiger partial charge in [-0.15, -0.1) is 11.3 Å². The third-order valence-electron chi connectivity index (χ3n) is 2.08. The molecule has 13 heavy (non-hydrogen) atoms. The molecule has 0 amide bonds. The van der Waals surface area contributed by atoms with E-state index in [2.05, 4.69) is 6.07 Å². The maximum Gasteiger partial charge on any atom is 0.127 e. The van der Waals surface area contributed by atoms with Crippen LogP contribution in [0.5, 0.6) is 5.75 Å². The Morgan fingerprint density at radius 1 is 1.38 bits per heavy atom. The molecule has 0 bridgehead atoms. The minimum atomic E-state index is 0.847. The van der Waals surface area contributed by atoms with Gasteiger partial charge in [-0.1, -0.05) is 17.7 Å². The van der Waals surface area contributed by atoms with Gasteiger partial charge in [0.15, 0.2) is 0 Å². The second-order valence-corrected chi connectivity index (χ2v) is 4.49. The van der Waals surface area contributed by atoms with E-state index in [4.69, 9.17) is 16.3 Å². The van der Waals surface area contributed by atoms with E-state index in [-0.39, 0.29) is 0 Å². The van der Waals surface area contributed by atoms with Gasteiger partial charge in [-0.2, -0.15) is 0 Å². The molecule has 0 unspecified atom stereocenters. The van der Waals surface area contributed by atoms with Crippen molar-refractivity contribution in [1.82, 2.24) is 0 Å². The van der Waals surface area contributed by atoms with Crippen LogP contribution in [0.3, 0.4) is 0 Å². The summed E-state index contributed by atoms with van der Waals surface area (Å²) in [5.41, 5.74) is 1.11. The molecule has 0 N–H and O–H groups in total. The highest BCUT2D eigenvalue weighted by Gasteiger charge is 2.09. The van der Waals surface area contributed by atoms with Gasteiger partial charge in [-0.25, -0.2) is 0 Å². The van der Waals surface area contributed by atoms with Gasteiger partial charge in [0.05, 0.1) is 11.4 Å². The van der Waals surface area contributed by atoms with Crippen molar-refractivity contribution in [3.8, 4) is 5.75 Å². The summed E-state index contributed by atoms with van der Waals surface area (Å²) in [6, 6.07) is 5.99. The third kappa shape index (κ3) is 1.30. The van der Waals surface area contributed by atoms with E-state index >= 15 is 0 Å². The third-order valence-corrected chi connectivity index (χ3v) is 3.64. The van der Waals surface area contributed by atoms with Gasteiger partial charge < -0.3 is 4.74 Å². The maximum absolute atomic E-state index is 6.04. The van der Waals surface area contributed by atoms with E-state index in [0.717, 1.165) is 21.0 Å². The van der Waals surface area contributed by atoms with Crippen molar-refractivity contribution < 1.29 is 4.74 Å². The SMILES string of the molecule is COc1cccc2sc(Cl)c(C)c12. The number of benzene rings is 1. The van der Waals surface area contributed by atoms with Gasteiger partial charge in [-0.3, -0.25) is 0 Å². The molecule has 0 aliphatic carbocycles. The molecule has 1 aromatic carbocycles. The molecule has 0 aliphatic heterocycles. The van der Waals surface area contributed by atoms with Crippen molar-refractivity contribution in [3.63, 3.8) is 0 Å². The molecule has 0 fully saturated rings. The fourth-order valence-corrected chi connectivity index (χ4v) is 2.70. The number of thiophene rings is 1. The summed E-state index contributed by atoms with van der Waals surface area (Å²) >= 11 is 7.64. The molecule has 0 saturated heterocycles. The summed E-state index contributed by atoms with van der Waals surface area (Å²) in [7, 11) is 1.68. The zero-order chi connectivity index (χ0) is 9.42. The lowest BCUT2D eigenvalue weighted by atomic mass is 10.2. The van der Waals surface area contributed by atoms with Crippen LogP contribution < -0.4 is 4.74 Å². The Kier molecular flexibility index (Phi) is 2.18. The van der Waals surface area contributed by atoms with Crippen LogP contribution in [0.1, 0.15) is 5.56 Å². The van der Waals surface area contributed by atoms with Gasteiger partial charge in [0, 0.05) is 10.1 Å². The quantitative estimate of drug-likeness (QED) is 0.697. The van der Waals surface area contributed by atoms with E-state index in [0.29, 0.717) is 0 Å². The lowest BCUT2D eigenvalue weighted by Crippen LogP contribution is -1.83. The van der Waals surface area contributed by atoms with Gasteiger partial charge in [0.1, 0.15) is 5.75 Å². The Morgan fingerprint density at radius 2 is 2.15 bits per heavy atom. The summed E-state index contributed by atoms with van der Waals surface area (Å²) in [5, 5.41) is 1.14. The van der Waals surface area contributed by atoms with E-state index in [1.807, 2.05) is 19.1 Å². The number of hydrogen-bond acceptors (Lipinski definition) is 2. The first kappa shape index (κ1) is 8.85. The van der Waals surface area contributed by atoms with Crippen LogP contribution in [-0.4, -0.2) is 7.11 Å². The fraction of sp³-hybridized carbons (Fsp3) is 0.200. The molecule has 1 heterocycles. The van der Waals surface area contributed by atoms with E-state index in [9.17, 15) is 0 Å². The predicted molar refractivity (Wildman–Crippen MR) is 58.1 cm³/mol. The molecule has 0 atom stereocenters. The largest absolute Gasteiger partial charge is 0.496 e. The van der Waals surface area contributed by atoms with Crippen LogP contribution >= 0.6 is 22.9 Å². The average molecular weight is 213 g/mol. The second kappa shape index (κ2) is 3.20. The van der Waals surface area contributed by atoms with Crippen LogP contribution in [0.2, 0.25) is 4.34 Å². The predicted octanol–water partition coefficient (Wildman–Crippen LogP) is 3.87. The highest BCUT2D eigenvalue weighted by atomic mass is 35.5. The van der Waals surface area contributed by atoms with Crippen molar-refractivity contribution in [2.75, 3.05) is 7.11 Å². The number of hydrogen-bond donors (Lipinski definition) is 0. The lowest BCUT2D eigenvalue weighted by molar-refractivity contribution is 0.420. The van der Waals surface area contributed by atoms with Gasteiger partial charge in [0.2, 0.25) is 0 Å². The Hall–Kier alpha value is -0.730. The van der Waals surface area contributed by atoms with E-state index in [1.165, 1.54) is 4.70 Å². The monoisotopic (exact) mass is 212 g/mol. The minimum Gasteiger partial charge on any atom is -0.496 e. The fourth-order valence-electron chi connectivity index (χ4n) is 1.41. The van der Waals surface area contributed by atoms with Gasteiger partial charge >= 0.3 is 0 Å².